The van der Waals surface area contributed by atoms with E-state index in [0.717, 1.165) is 16.9 Å². The van der Waals surface area contributed by atoms with Crippen LogP contribution in [0.5, 0.6) is 5.75 Å². The van der Waals surface area contributed by atoms with Crippen molar-refractivity contribution in [1.82, 2.24) is 20.1 Å². The zero-order valence-corrected chi connectivity index (χ0v) is 15.1. The van der Waals surface area contributed by atoms with Gasteiger partial charge < -0.3 is 10.1 Å². The van der Waals surface area contributed by atoms with Gasteiger partial charge in [-0.05, 0) is 48.9 Å². The Morgan fingerprint density at radius 1 is 1.19 bits per heavy atom. The lowest BCUT2D eigenvalue weighted by molar-refractivity contribution is -0.124. The van der Waals surface area contributed by atoms with E-state index >= 15 is 0 Å². The highest BCUT2D eigenvalue weighted by atomic mass is 16.5. The van der Waals surface area contributed by atoms with Crippen LogP contribution in [0.3, 0.4) is 0 Å². The molecule has 1 amide bonds. The number of hydrogen-bond donors (Lipinski definition) is 1. The minimum atomic E-state index is -0.743. The van der Waals surface area contributed by atoms with E-state index in [0.29, 0.717) is 12.2 Å². The lowest BCUT2D eigenvalue weighted by Gasteiger charge is -2.15. The Morgan fingerprint density at radius 2 is 1.96 bits per heavy atom. The molecule has 2 heterocycles. The highest BCUT2D eigenvalue weighted by Crippen LogP contribution is 2.20. The van der Waals surface area contributed by atoms with E-state index in [1.165, 1.54) is 10.7 Å². The van der Waals surface area contributed by atoms with Gasteiger partial charge in [-0.1, -0.05) is 6.07 Å². The van der Waals surface area contributed by atoms with E-state index in [4.69, 9.17) is 4.74 Å². The molecular weight excluding hydrogens is 344 g/mol. The molecule has 3 aromatic rings. The van der Waals surface area contributed by atoms with Gasteiger partial charge in [0, 0.05) is 30.6 Å². The summed E-state index contributed by atoms with van der Waals surface area (Å²) in [6.45, 7) is 1.98. The first-order valence-electron chi connectivity index (χ1n) is 8.49. The number of benzene rings is 1. The predicted molar refractivity (Wildman–Crippen MR) is 101 cm³/mol. The van der Waals surface area contributed by atoms with Gasteiger partial charge in [-0.25, -0.2) is 4.68 Å². The smallest absolute Gasteiger partial charge is 0.267 e. The SMILES string of the molecule is COc1ccc(-c2ccc(=O)n(C(C)C(=O)NCc3cccnc3)n2)cc1. The number of carbonyl (C=O) groups is 1. The molecule has 0 radical (unpaired) electrons. The third-order valence-electron chi connectivity index (χ3n) is 4.15. The number of amides is 1. The van der Waals surface area contributed by atoms with E-state index in [1.54, 1.807) is 38.6 Å². The van der Waals surface area contributed by atoms with Crippen LogP contribution in [-0.2, 0) is 11.3 Å². The van der Waals surface area contributed by atoms with Crippen molar-refractivity contribution in [3.63, 3.8) is 0 Å². The van der Waals surface area contributed by atoms with Crippen LogP contribution in [0.2, 0.25) is 0 Å². The molecule has 138 valence electrons. The summed E-state index contributed by atoms with van der Waals surface area (Å²) in [5.74, 6) is 0.440. The summed E-state index contributed by atoms with van der Waals surface area (Å²) in [5.41, 5.74) is 1.97. The molecule has 3 rings (SSSR count). The van der Waals surface area contributed by atoms with Crippen molar-refractivity contribution >= 4 is 5.91 Å². The average Bonchev–Trinajstić information content (AvgIpc) is 2.72. The molecule has 0 saturated carbocycles. The zero-order chi connectivity index (χ0) is 19.2. The summed E-state index contributed by atoms with van der Waals surface area (Å²) in [6.07, 6.45) is 3.35. The molecule has 0 aliphatic rings. The number of carbonyl (C=O) groups excluding carboxylic acids is 1. The number of ether oxygens (including phenoxy) is 1. The number of aromatic nitrogens is 3. The molecule has 7 nitrogen and oxygen atoms in total. The van der Waals surface area contributed by atoms with E-state index in [2.05, 4.69) is 15.4 Å². The largest absolute Gasteiger partial charge is 0.497 e. The quantitative estimate of drug-likeness (QED) is 0.725. The third kappa shape index (κ3) is 4.38. The van der Waals surface area contributed by atoms with Gasteiger partial charge in [0.25, 0.3) is 5.56 Å². The second-order valence-corrected chi connectivity index (χ2v) is 5.98. The maximum absolute atomic E-state index is 12.5. The fourth-order valence-electron chi connectivity index (χ4n) is 2.57. The minimum absolute atomic E-state index is 0.291. The van der Waals surface area contributed by atoms with Gasteiger partial charge in [-0.3, -0.25) is 14.6 Å². The van der Waals surface area contributed by atoms with Gasteiger partial charge in [0.15, 0.2) is 0 Å². The maximum Gasteiger partial charge on any atom is 0.267 e. The minimum Gasteiger partial charge on any atom is -0.497 e. The molecule has 0 aliphatic carbocycles. The summed E-state index contributed by atoms with van der Waals surface area (Å²) >= 11 is 0. The van der Waals surface area contributed by atoms with Crippen LogP contribution in [0.4, 0.5) is 0 Å². The van der Waals surface area contributed by atoms with Gasteiger partial charge >= 0.3 is 0 Å². The molecule has 0 saturated heterocycles. The van der Waals surface area contributed by atoms with Gasteiger partial charge in [0.1, 0.15) is 11.8 Å². The second-order valence-electron chi connectivity index (χ2n) is 5.98. The topological polar surface area (TPSA) is 86.1 Å². The Bertz CT molecular complexity index is 969. The summed E-state index contributed by atoms with van der Waals surface area (Å²) in [6, 6.07) is 13.3. The van der Waals surface area contributed by atoms with Crippen molar-refractivity contribution in [2.24, 2.45) is 0 Å². The van der Waals surface area contributed by atoms with E-state index < -0.39 is 6.04 Å². The fraction of sp³-hybridized carbons (Fsp3) is 0.200. The number of nitrogens with zero attached hydrogens (tertiary/aromatic N) is 3. The first-order chi connectivity index (χ1) is 13.1. The second kappa shape index (κ2) is 8.27. The first kappa shape index (κ1) is 18.3. The zero-order valence-electron chi connectivity index (χ0n) is 15.1. The fourth-order valence-corrected chi connectivity index (χ4v) is 2.57. The Kier molecular flexibility index (Phi) is 5.61. The number of pyridine rings is 1. The molecule has 7 heteroatoms. The summed E-state index contributed by atoms with van der Waals surface area (Å²) in [4.78, 5) is 28.7. The number of methoxy groups -OCH3 is 1. The van der Waals surface area contributed by atoms with Crippen molar-refractivity contribution in [1.29, 1.82) is 0 Å². The summed E-state index contributed by atoms with van der Waals surface area (Å²) in [7, 11) is 1.60. The Labute approximate surface area is 156 Å². The van der Waals surface area contributed by atoms with Crippen LogP contribution in [0, 0.1) is 0 Å². The third-order valence-corrected chi connectivity index (χ3v) is 4.15. The monoisotopic (exact) mass is 364 g/mol. The number of nitrogens with one attached hydrogen (secondary N) is 1. The molecule has 1 unspecified atom stereocenters. The van der Waals surface area contributed by atoms with Crippen LogP contribution in [0.15, 0.2) is 65.7 Å². The maximum atomic E-state index is 12.5. The molecule has 1 N–H and O–H groups in total. The van der Waals surface area contributed by atoms with Gasteiger partial charge in [0.2, 0.25) is 5.91 Å². The molecule has 1 atom stereocenters. The van der Waals surface area contributed by atoms with Crippen LogP contribution in [0.25, 0.3) is 11.3 Å². The van der Waals surface area contributed by atoms with Crippen molar-refractivity contribution in [3.8, 4) is 17.0 Å². The normalized spacial score (nSPS) is 11.6. The lowest BCUT2D eigenvalue weighted by Crippen LogP contribution is -2.36. The summed E-state index contributed by atoms with van der Waals surface area (Å²) in [5, 5.41) is 7.17. The Hall–Kier alpha value is -3.48. The first-order valence-corrected chi connectivity index (χ1v) is 8.49. The van der Waals surface area contributed by atoms with Crippen molar-refractivity contribution < 1.29 is 9.53 Å². The number of hydrogen-bond acceptors (Lipinski definition) is 5. The number of rotatable bonds is 6. The molecule has 1 aromatic carbocycles. The molecule has 2 aromatic heterocycles. The molecule has 27 heavy (non-hydrogen) atoms. The van der Waals surface area contributed by atoms with E-state index in [9.17, 15) is 9.59 Å². The van der Waals surface area contributed by atoms with Gasteiger partial charge in [-0.2, -0.15) is 5.10 Å². The van der Waals surface area contributed by atoms with Gasteiger partial charge in [-0.15, -0.1) is 0 Å². The molecule has 0 fully saturated rings. The van der Waals surface area contributed by atoms with Crippen LogP contribution >= 0.6 is 0 Å². The standard InChI is InChI=1S/C20H20N4O3/c1-14(20(26)22-13-15-4-3-11-21-12-15)24-19(25)10-9-18(23-24)16-5-7-17(27-2)8-6-16/h3-12,14H,13H2,1-2H3,(H,22,26). The molecule has 0 spiro atoms. The van der Waals surface area contributed by atoms with Crippen molar-refractivity contribution in [3.05, 3.63) is 76.8 Å². The molecule has 0 aliphatic heterocycles. The summed E-state index contributed by atoms with van der Waals surface area (Å²) < 4.78 is 6.34. The molecular formula is C20H20N4O3. The van der Waals surface area contributed by atoms with Crippen LogP contribution in [0.1, 0.15) is 18.5 Å². The lowest BCUT2D eigenvalue weighted by atomic mass is 10.1. The van der Waals surface area contributed by atoms with Crippen LogP contribution < -0.4 is 15.6 Å². The predicted octanol–water partition coefficient (Wildman–Crippen LogP) is 2.19. The highest BCUT2D eigenvalue weighted by Gasteiger charge is 2.18. The van der Waals surface area contributed by atoms with E-state index in [-0.39, 0.29) is 11.5 Å². The molecule has 0 bridgehead atoms. The van der Waals surface area contributed by atoms with Crippen LogP contribution in [-0.4, -0.2) is 27.8 Å². The van der Waals surface area contributed by atoms with E-state index in [1.807, 2.05) is 30.3 Å². The highest BCUT2D eigenvalue weighted by molar-refractivity contribution is 5.79. The Balaban J connectivity index is 1.78. The average molecular weight is 364 g/mol. The Morgan fingerprint density at radius 3 is 2.63 bits per heavy atom. The van der Waals surface area contributed by atoms with Gasteiger partial charge in [0.05, 0.1) is 12.8 Å². The van der Waals surface area contributed by atoms with Crippen molar-refractivity contribution in [2.75, 3.05) is 7.11 Å². The van der Waals surface area contributed by atoms with Crippen molar-refractivity contribution in [2.45, 2.75) is 19.5 Å².